The number of carbonyl (C=O) groups is 2. The van der Waals surface area contributed by atoms with E-state index in [1.54, 1.807) is 36.4 Å². The molecule has 0 aliphatic heterocycles. The first-order chi connectivity index (χ1) is 12.9. The Labute approximate surface area is 171 Å². The van der Waals surface area contributed by atoms with Crippen LogP contribution in [0.3, 0.4) is 0 Å². The minimum Gasteiger partial charge on any atom is -0.492 e. The predicted octanol–water partition coefficient (Wildman–Crippen LogP) is 4.04. The van der Waals surface area contributed by atoms with E-state index in [0.29, 0.717) is 33.2 Å². The molecular weight excluding hydrogens is 436 g/mol. The number of aryl methyl sites for hydroxylation is 1. The van der Waals surface area contributed by atoms with Crippen LogP contribution in [0.2, 0.25) is 5.02 Å². The van der Waals surface area contributed by atoms with Crippen molar-refractivity contribution < 1.29 is 19.1 Å². The van der Waals surface area contributed by atoms with E-state index in [-0.39, 0.29) is 6.61 Å². The summed E-state index contributed by atoms with van der Waals surface area (Å²) in [5.41, 5.74) is 5.88. The van der Waals surface area contributed by atoms with Crippen molar-refractivity contribution in [2.45, 2.75) is 20.3 Å². The lowest BCUT2D eigenvalue weighted by molar-refractivity contribution is -0.123. The van der Waals surface area contributed by atoms with Crippen molar-refractivity contribution in [2.24, 2.45) is 0 Å². The summed E-state index contributed by atoms with van der Waals surface area (Å²) in [6.07, 6.45) is 0.887. The molecule has 2 amide bonds. The second kappa shape index (κ2) is 10.2. The van der Waals surface area contributed by atoms with Crippen LogP contribution in [-0.2, 0) is 4.79 Å². The Morgan fingerprint density at radius 1 is 1.11 bits per heavy atom. The number of benzene rings is 2. The quantitative estimate of drug-likeness (QED) is 0.618. The number of halogens is 2. The number of rotatable bonds is 7. The number of amides is 2. The van der Waals surface area contributed by atoms with Crippen LogP contribution in [0.1, 0.15) is 29.3 Å². The van der Waals surface area contributed by atoms with Crippen LogP contribution in [0.4, 0.5) is 0 Å². The third-order valence-electron chi connectivity index (χ3n) is 3.47. The van der Waals surface area contributed by atoms with Gasteiger partial charge in [-0.15, -0.1) is 0 Å². The Bertz CT molecular complexity index is 829. The van der Waals surface area contributed by atoms with Gasteiger partial charge in [0.15, 0.2) is 6.61 Å². The first kappa shape index (κ1) is 21.1. The topological polar surface area (TPSA) is 76.7 Å². The second-order valence-corrected chi connectivity index (χ2v) is 6.96. The highest BCUT2D eigenvalue weighted by Crippen LogP contribution is 2.26. The molecule has 0 spiro atoms. The van der Waals surface area contributed by atoms with E-state index in [4.69, 9.17) is 21.1 Å². The van der Waals surface area contributed by atoms with Crippen LogP contribution in [-0.4, -0.2) is 25.0 Å². The Kier molecular flexibility index (Phi) is 7.94. The molecule has 144 valence electrons. The summed E-state index contributed by atoms with van der Waals surface area (Å²) in [6.45, 7) is 4.20. The molecule has 27 heavy (non-hydrogen) atoms. The standard InChI is InChI=1S/C19H20BrClN2O4/c1-3-8-26-17-7-4-13(10-15(17)20)19(25)23-22-18(24)11-27-14-5-6-16(21)12(2)9-14/h4-7,9-10H,3,8,11H2,1-2H3,(H,22,24)(H,23,25). The summed E-state index contributed by atoms with van der Waals surface area (Å²) in [5.74, 6) is 0.236. The number of hydrogen-bond donors (Lipinski definition) is 2. The number of ether oxygens (including phenoxy) is 2. The molecule has 0 saturated heterocycles. The lowest BCUT2D eigenvalue weighted by Gasteiger charge is -2.11. The van der Waals surface area contributed by atoms with Crippen molar-refractivity contribution in [1.29, 1.82) is 0 Å². The lowest BCUT2D eigenvalue weighted by atomic mass is 10.2. The van der Waals surface area contributed by atoms with Gasteiger partial charge in [-0.25, -0.2) is 0 Å². The molecule has 0 atom stereocenters. The van der Waals surface area contributed by atoms with Gasteiger partial charge in [-0.05, 0) is 71.2 Å². The van der Waals surface area contributed by atoms with Crippen molar-refractivity contribution in [3.63, 3.8) is 0 Å². The zero-order valence-electron chi connectivity index (χ0n) is 15.0. The van der Waals surface area contributed by atoms with Crippen molar-refractivity contribution >= 4 is 39.3 Å². The van der Waals surface area contributed by atoms with Gasteiger partial charge >= 0.3 is 0 Å². The highest BCUT2D eigenvalue weighted by atomic mass is 79.9. The van der Waals surface area contributed by atoms with Crippen LogP contribution in [0.15, 0.2) is 40.9 Å². The van der Waals surface area contributed by atoms with Crippen molar-refractivity contribution in [1.82, 2.24) is 10.9 Å². The lowest BCUT2D eigenvalue weighted by Crippen LogP contribution is -2.43. The average Bonchev–Trinajstić information content (AvgIpc) is 2.66. The van der Waals surface area contributed by atoms with Crippen LogP contribution >= 0.6 is 27.5 Å². The molecular formula is C19H20BrClN2O4. The summed E-state index contributed by atoms with van der Waals surface area (Å²) in [6, 6.07) is 10.0. The molecule has 2 aromatic rings. The molecule has 6 nitrogen and oxygen atoms in total. The fraction of sp³-hybridized carbons (Fsp3) is 0.263. The molecule has 0 aliphatic rings. The summed E-state index contributed by atoms with van der Waals surface area (Å²) >= 11 is 9.30. The molecule has 0 aliphatic carbocycles. The van der Waals surface area contributed by atoms with Crippen molar-refractivity contribution in [3.8, 4) is 11.5 Å². The van der Waals surface area contributed by atoms with Gasteiger partial charge in [0.05, 0.1) is 11.1 Å². The molecule has 0 heterocycles. The summed E-state index contributed by atoms with van der Waals surface area (Å²) < 4.78 is 11.6. The summed E-state index contributed by atoms with van der Waals surface area (Å²) in [4.78, 5) is 24.0. The third kappa shape index (κ3) is 6.45. The van der Waals surface area contributed by atoms with E-state index in [9.17, 15) is 9.59 Å². The zero-order chi connectivity index (χ0) is 19.8. The highest BCUT2D eigenvalue weighted by Gasteiger charge is 2.11. The predicted molar refractivity (Wildman–Crippen MR) is 107 cm³/mol. The second-order valence-electron chi connectivity index (χ2n) is 5.70. The molecule has 0 radical (unpaired) electrons. The minimum absolute atomic E-state index is 0.241. The maximum absolute atomic E-state index is 12.1. The molecule has 8 heteroatoms. The smallest absolute Gasteiger partial charge is 0.276 e. The average molecular weight is 456 g/mol. The van der Waals surface area contributed by atoms with E-state index >= 15 is 0 Å². The van der Waals surface area contributed by atoms with Crippen LogP contribution in [0.5, 0.6) is 11.5 Å². The summed E-state index contributed by atoms with van der Waals surface area (Å²) in [5, 5.41) is 0.622. The van der Waals surface area contributed by atoms with Gasteiger partial charge in [-0.2, -0.15) is 0 Å². The largest absolute Gasteiger partial charge is 0.492 e. The Hall–Kier alpha value is -2.25. The molecule has 2 aromatic carbocycles. The molecule has 0 aromatic heterocycles. The van der Waals surface area contributed by atoms with Crippen molar-refractivity contribution in [3.05, 3.63) is 57.0 Å². The van der Waals surface area contributed by atoms with Crippen molar-refractivity contribution in [2.75, 3.05) is 13.2 Å². The fourth-order valence-corrected chi connectivity index (χ4v) is 2.67. The SMILES string of the molecule is CCCOc1ccc(C(=O)NNC(=O)COc2ccc(Cl)c(C)c2)cc1Br. The van der Waals surface area contributed by atoms with Gasteiger partial charge in [0, 0.05) is 10.6 Å². The minimum atomic E-state index is -0.488. The van der Waals surface area contributed by atoms with E-state index in [1.807, 2.05) is 13.8 Å². The molecule has 2 N–H and O–H groups in total. The zero-order valence-corrected chi connectivity index (χ0v) is 17.3. The first-order valence-electron chi connectivity index (χ1n) is 8.31. The molecule has 0 bridgehead atoms. The van der Waals surface area contributed by atoms with Crippen LogP contribution in [0, 0.1) is 6.92 Å². The van der Waals surface area contributed by atoms with E-state index in [0.717, 1.165) is 12.0 Å². The Morgan fingerprint density at radius 3 is 2.56 bits per heavy atom. The molecule has 0 saturated carbocycles. The molecule has 0 fully saturated rings. The number of nitrogens with one attached hydrogen (secondary N) is 2. The summed E-state index contributed by atoms with van der Waals surface area (Å²) in [7, 11) is 0. The number of hydrazine groups is 1. The van der Waals surface area contributed by atoms with E-state index < -0.39 is 11.8 Å². The first-order valence-corrected chi connectivity index (χ1v) is 9.48. The van der Waals surface area contributed by atoms with Gasteiger partial charge in [0.1, 0.15) is 11.5 Å². The maximum atomic E-state index is 12.1. The Balaban J connectivity index is 1.82. The molecule has 0 unspecified atom stereocenters. The van der Waals surface area contributed by atoms with E-state index in [1.165, 1.54) is 0 Å². The third-order valence-corrected chi connectivity index (χ3v) is 4.51. The van der Waals surface area contributed by atoms with E-state index in [2.05, 4.69) is 26.8 Å². The van der Waals surface area contributed by atoms with Gasteiger partial charge < -0.3 is 9.47 Å². The van der Waals surface area contributed by atoms with Crippen LogP contribution in [0.25, 0.3) is 0 Å². The van der Waals surface area contributed by atoms with Gasteiger partial charge in [0.2, 0.25) is 0 Å². The van der Waals surface area contributed by atoms with Gasteiger partial charge in [-0.1, -0.05) is 18.5 Å². The van der Waals surface area contributed by atoms with Gasteiger partial charge in [0.25, 0.3) is 11.8 Å². The highest BCUT2D eigenvalue weighted by molar-refractivity contribution is 9.10. The van der Waals surface area contributed by atoms with Gasteiger partial charge in [-0.3, -0.25) is 20.4 Å². The van der Waals surface area contributed by atoms with Crippen LogP contribution < -0.4 is 20.3 Å². The molecule has 2 rings (SSSR count). The number of hydrogen-bond acceptors (Lipinski definition) is 4. The fourth-order valence-electron chi connectivity index (χ4n) is 2.06. The normalized spacial score (nSPS) is 10.2. The monoisotopic (exact) mass is 454 g/mol. The maximum Gasteiger partial charge on any atom is 0.276 e. The number of carbonyl (C=O) groups excluding carboxylic acids is 2. The Morgan fingerprint density at radius 2 is 1.89 bits per heavy atom.